The van der Waals surface area contributed by atoms with Crippen LogP contribution >= 0.6 is 0 Å². The molecule has 1 aromatic carbocycles. The molecule has 0 unspecified atom stereocenters. The van der Waals surface area contributed by atoms with E-state index in [-0.39, 0.29) is 17.2 Å². The molecule has 0 saturated heterocycles. The van der Waals surface area contributed by atoms with Gasteiger partial charge < -0.3 is 10.1 Å². The van der Waals surface area contributed by atoms with Crippen LogP contribution in [-0.2, 0) is 9.53 Å². The molecule has 0 aliphatic heterocycles. The lowest BCUT2D eigenvalue weighted by Crippen LogP contribution is -2.38. The second-order valence-corrected chi connectivity index (χ2v) is 6.10. The number of rotatable bonds is 6. The molecule has 1 aliphatic rings. The third-order valence-corrected chi connectivity index (χ3v) is 4.26. The van der Waals surface area contributed by atoms with Gasteiger partial charge in [-0.25, -0.2) is 4.79 Å². The van der Waals surface area contributed by atoms with E-state index in [1.165, 1.54) is 50.5 Å². The number of esters is 1. The number of carbonyl (C=O) groups is 2. The van der Waals surface area contributed by atoms with Gasteiger partial charge >= 0.3 is 5.97 Å². The van der Waals surface area contributed by atoms with Gasteiger partial charge in [-0.2, -0.15) is 0 Å². The summed E-state index contributed by atoms with van der Waals surface area (Å²) in [7, 11) is 0. The van der Waals surface area contributed by atoms with Gasteiger partial charge in [-0.15, -0.1) is 0 Å². The monoisotopic (exact) mass is 334 g/mol. The summed E-state index contributed by atoms with van der Waals surface area (Å²) in [6.45, 7) is 2.12. The molecule has 7 nitrogen and oxygen atoms in total. The van der Waals surface area contributed by atoms with Gasteiger partial charge in [0.05, 0.1) is 10.5 Å². The van der Waals surface area contributed by atoms with Crippen molar-refractivity contribution >= 4 is 17.6 Å². The van der Waals surface area contributed by atoms with Crippen LogP contribution in [0.25, 0.3) is 0 Å². The number of amides is 1. The fraction of sp³-hybridized carbons (Fsp3) is 0.529. The maximum absolute atomic E-state index is 12.0. The molecule has 1 N–H and O–H groups in total. The fourth-order valence-electron chi connectivity index (χ4n) is 2.78. The average molecular weight is 334 g/mol. The number of benzene rings is 1. The first-order chi connectivity index (χ1) is 11.5. The van der Waals surface area contributed by atoms with Gasteiger partial charge in [0.15, 0.2) is 6.10 Å². The second kappa shape index (κ2) is 8.42. The molecule has 0 radical (unpaired) electrons. The second-order valence-electron chi connectivity index (χ2n) is 6.10. The molecule has 7 heteroatoms. The maximum Gasteiger partial charge on any atom is 0.338 e. The minimum Gasteiger partial charge on any atom is -0.449 e. The molecule has 1 aliphatic carbocycles. The summed E-state index contributed by atoms with van der Waals surface area (Å²) in [5.41, 5.74) is 0.0670. The van der Waals surface area contributed by atoms with Crippen LogP contribution in [0, 0.1) is 16.0 Å². The Morgan fingerprint density at radius 1 is 1.25 bits per heavy atom. The van der Waals surface area contributed by atoms with Crippen molar-refractivity contribution in [3.05, 3.63) is 39.9 Å². The van der Waals surface area contributed by atoms with Crippen molar-refractivity contribution < 1.29 is 19.2 Å². The van der Waals surface area contributed by atoms with E-state index >= 15 is 0 Å². The third-order valence-electron chi connectivity index (χ3n) is 4.26. The lowest BCUT2D eigenvalue weighted by atomic mass is 9.89. The van der Waals surface area contributed by atoms with E-state index in [1.807, 2.05) is 0 Å². The molecular formula is C17H22N2O5. The van der Waals surface area contributed by atoms with Gasteiger partial charge in [-0.05, 0) is 37.8 Å². The van der Waals surface area contributed by atoms with Crippen LogP contribution in [0.3, 0.4) is 0 Å². The lowest BCUT2D eigenvalue weighted by Gasteiger charge is -2.22. The molecule has 1 saturated carbocycles. The van der Waals surface area contributed by atoms with Gasteiger partial charge in [-0.3, -0.25) is 14.9 Å². The Morgan fingerprint density at radius 2 is 1.88 bits per heavy atom. The number of nitrogens with zero attached hydrogens (tertiary/aromatic N) is 1. The van der Waals surface area contributed by atoms with Crippen LogP contribution in [0.4, 0.5) is 5.69 Å². The Bertz CT molecular complexity index is 594. The zero-order valence-corrected chi connectivity index (χ0v) is 13.7. The first-order valence-corrected chi connectivity index (χ1v) is 8.20. The van der Waals surface area contributed by atoms with Crippen LogP contribution in [-0.4, -0.2) is 29.4 Å². The van der Waals surface area contributed by atoms with Crippen molar-refractivity contribution in [3.8, 4) is 0 Å². The fourth-order valence-corrected chi connectivity index (χ4v) is 2.78. The number of nitrogens with one attached hydrogen (secondary N) is 1. The molecule has 24 heavy (non-hydrogen) atoms. The van der Waals surface area contributed by atoms with E-state index in [0.717, 1.165) is 12.8 Å². The van der Waals surface area contributed by atoms with E-state index in [0.29, 0.717) is 12.5 Å². The van der Waals surface area contributed by atoms with Crippen LogP contribution in [0.5, 0.6) is 0 Å². The average Bonchev–Trinajstić information content (AvgIpc) is 2.60. The van der Waals surface area contributed by atoms with Crippen LogP contribution < -0.4 is 5.32 Å². The number of hydrogen-bond donors (Lipinski definition) is 1. The number of non-ortho nitro benzene ring substituents is 1. The molecule has 1 fully saturated rings. The van der Waals surface area contributed by atoms with E-state index in [1.54, 1.807) is 0 Å². The zero-order chi connectivity index (χ0) is 17.5. The van der Waals surface area contributed by atoms with Gasteiger partial charge in [-0.1, -0.05) is 19.3 Å². The standard InChI is InChI=1S/C17H22N2O5/c1-12(16(20)18-11-13-5-3-2-4-6-13)24-17(21)14-7-9-15(10-8-14)19(22)23/h7-10,12-13H,2-6,11H2,1H3,(H,18,20)/t12-/m0/s1. The van der Waals surface area contributed by atoms with Crippen molar-refractivity contribution in [3.63, 3.8) is 0 Å². The van der Waals surface area contributed by atoms with Gasteiger partial charge in [0.2, 0.25) is 0 Å². The zero-order valence-electron chi connectivity index (χ0n) is 13.7. The molecule has 0 aromatic heterocycles. The first kappa shape index (κ1) is 17.9. The van der Waals surface area contributed by atoms with E-state index in [9.17, 15) is 19.7 Å². The Hall–Kier alpha value is -2.44. The first-order valence-electron chi connectivity index (χ1n) is 8.20. The topological polar surface area (TPSA) is 98.5 Å². The molecular weight excluding hydrogens is 312 g/mol. The van der Waals surface area contributed by atoms with E-state index in [2.05, 4.69) is 5.32 Å². The van der Waals surface area contributed by atoms with E-state index < -0.39 is 17.0 Å². The third kappa shape index (κ3) is 5.04. The highest BCUT2D eigenvalue weighted by Gasteiger charge is 2.21. The van der Waals surface area contributed by atoms with Gasteiger partial charge in [0.1, 0.15) is 0 Å². The van der Waals surface area contributed by atoms with Crippen LogP contribution in [0.15, 0.2) is 24.3 Å². The minimum absolute atomic E-state index is 0.107. The summed E-state index contributed by atoms with van der Waals surface area (Å²) in [6, 6.07) is 5.08. The van der Waals surface area contributed by atoms with Crippen molar-refractivity contribution in [2.24, 2.45) is 5.92 Å². The molecule has 0 heterocycles. The molecule has 1 aromatic rings. The SMILES string of the molecule is C[C@H](OC(=O)c1ccc([N+](=O)[O-])cc1)C(=O)NCC1CCCCC1. The van der Waals surface area contributed by atoms with Crippen molar-refractivity contribution in [1.82, 2.24) is 5.32 Å². The molecule has 0 bridgehead atoms. The highest BCUT2D eigenvalue weighted by molar-refractivity contribution is 5.92. The van der Waals surface area contributed by atoms with Crippen molar-refractivity contribution in [1.29, 1.82) is 0 Å². The maximum atomic E-state index is 12.0. The number of carbonyl (C=O) groups excluding carboxylic acids is 2. The number of nitro benzene ring substituents is 1. The summed E-state index contributed by atoms with van der Waals surface area (Å²) < 4.78 is 5.12. The quantitative estimate of drug-likeness (QED) is 0.490. The number of ether oxygens (including phenoxy) is 1. The van der Waals surface area contributed by atoms with Gasteiger partial charge in [0, 0.05) is 18.7 Å². The molecule has 2 rings (SSSR count). The number of hydrogen-bond acceptors (Lipinski definition) is 5. The van der Waals surface area contributed by atoms with Gasteiger partial charge in [0.25, 0.3) is 11.6 Å². The van der Waals surface area contributed by atoms with Crippen LogP contribution in [0.1, 0.15) is 49.4 Å². The normalized spacial score (nSPS) is 16.2. The van der Waals surface area contributed by atoms with Crippen LogP contribution in [0.2, 0.25) is 0 Å². The molecule has 130 valence electrons. The predicted molar refractivity (Wildman–Crippen MR) is 87.6 cm³/mol. The summed E-state index contributed by atoms with van der Waals surface area (Å²) >= 11 is 0. The highest BCUT2D eigenvalue weighted by Crippen LogP contribution is 2.22. The number of nitro groups is 1. The molecule has 1 atom stereocenters. The summed E-state index contributed by atoms with van der Waals surface area (Å²) in [4.78, 5) is 34.0. The van der Waals surface area contributed by atoms with E-state index in [4.69, 9.17) is 4.74 Å². The van der Waals surface area contributed by atoms with Crippen molar-refractivity contribution in [2.75, 3.05) is 6.54 Å². The molecule has 1 amide bonds. The van der Waals surface area contributed by atoms with Crippen molar-refractivity contribution in [2.45, 2.75) is 45.1 Å². The summed E-state index contributed by atoms with van der Waals surface area (Å²) in [5, 5.41) is 13.4. The Balaban J connectivity index is 1.81. The minimum atomic E-state index is -0.906. The predicted octanol–water partition coefficient (Wildman–Crippen LogP) is 2.84. The Morgan fingerprint density at radius 3 is 2.46 bits per heavy atom. The largest absolute Gasteiger partial charge is 0.449 e. The summed E-state index contributed by atoms with van der Waals surface area (Å²) in [5.74, 6) is -0.499. The summed E-state index contributed by atoms with van der Waals surface area (Å²) in [6.07, 6.45) is 5.00. The molecule has 0 spiro atoms. The Labute approximate surface area is 140 Å². The lowest BCUT2D eigenvalue weighted by molar-refractivity contribution is -0.384. The smallest absolute Gasteiger partial charge is 0.338 e. The highest BCUT2D eigenvalue weighted by atomic mass is 16.6. The Kier molecular flexibility index (Phi) is 6.28.